The summed E-state index contributed by atoms with van der Waals surface area (Å²) < 4.78 is 0. The van der Waals surface area contributed by atoms with Gasteiger partial charge >= 0.3 is 0 Å². The Morgan fingerprint density at radius 2 is 1.60 bits per heavy atom. The molecule has 1 rings (SSSR count). The monoisotopic (exact) mass is 229 g/mol. The third kappa shape index (κ3) is 6.02. The Kier molecular flexibility index (Phi) is 5.87. The van der Waals surface area contributed by atoms with Gasteiger partial charge in [-0.3, -0.25) is 0 Å². The van der Waals surface area contributed by atoms with Crippen LogP contribution in [0.3, 0.4) is 0 Å². The molecule has 0 unspecified atom stereocenters. The molecule has 0 fully saturated rings. The molecule has 0 spiro atoms. The lowest BCUT2D eigenvalue weighted by atomic mass is 10.4. The molecule has 1 aromatic carbocycles. The molecule has 0 aliphatic rings. The highest BCUT2D eigenvalue weighted by atomic mass is 31.2. The molecular weight excluding hydrogens is 213 g/mol. The van der Waals surface area contributed by atoms with Crippen LogP contribution in [0, 0.1) is 15.3 Å². The van der Waals surface area contributed by atoms with Gasteiger partial charge in [-0.1, -0.05) is 18.2 Å². The first-order valence-corrected chi connectivity index (χ1v) is 7.47. The molecule has 0 radical (unpaired) electrons. The standard InChI is InChI=1S/C10H16P.NO3/c1-4-11(2,3)10-8-6-5-7-9-10;2-1(3)4/h5-9H,4H2,1-3H3;/q+1;-1. The van der Waals surface area contributed by atoms with E-state index in [1.165, 1.54) is 6.16 Å². The van der Waals surface area contributed by atoms with E-state index >= 15 is 0 Å². The smallest absolute Gasteiger partial charge is 0.0933 e. The van der Waals surface area contributed by atoms with Gasteiger partial charge in [0.15, 0.2) is 0 Å². The zero-order chi connectivity index (χ0) is 11.9. The Morgan fingerprint density at radius 1 is 1.20 bits per heavy atom. The van der Waals surface area contributed by atoms with E-state index in [1.807, 2.05) is 0 Å². The molecule has 0 heterocycles. The largest absolute Gasteiger partial charge is 0.356 e. The maximum absolute atomic E-state index is 8.25. The molecule has 4 nitrogen and oxygen atoms in total. The van der Waals surface area contributed by atoms with Crippen LogP contribution in [0.5, 0.6) is 0 Å². The molecular formula is C10H16NO3P. The summed E-state index contributed by atoms with van der Waals surface area (Å²) in [6, 6.07) is 10.8. The summed E-state index contributed by atoms with van der Waals surface area (Å²) in [5.74, 6) is 0. The predicted molar refractivity (Wildman–Crippen MR) is 65.7 cm³/mol. The van der Waals surface area contributed by atoms with Gasteiger partial charge in [0, 0.05) is 7.26 Å². The third-order valence-electron chi connectivity index (χ3n) is 2.25. The van der Waals surface area contributed by atoms with Crippen LogP contribution in [-0.4, -0.2) is 24.6 Å². The van der Waals surface area contributed by atoms with Crippen molar-refractivity contribution in [3.63, 3.8) is 0 Å². The van der Waals surface area contributed by atoms with Crippen LogP contribution in [-0.2, 0) is 0 Å². The van der Waals surface area contributed by atoms with Crippen molar-refractivity contribution in [2.75, 3.05) is 19.5 Å². The fourth-order valence-electron chi connectivity index (χ4n) is 1.01. The first-order valence-electron chi connectivity index (χ1n) is 4.60. The summed E-state index contributed by atoms with van der Waals surface area (Å²) in [4.78, 5) is 8.25. The van der Waals surface area contributed by atoms with E-state index in [1.54, 1.807) is 5.30 Å². The SMILES string of the molecule is CC[P+](C)(C)c1ccccc1.O=[N+]([O-])[O-]. The van der Waals surface area contributed by atoms with Gasteiger partial charge in [0.05, 0.1) is 29.9 Å². The fourth-order valence-corrected chi connectivity index (χ4v) is 2.36. The molecule has 0 aliphatic carbocycles. The number of rotatable bonds is 2. The van der Waals surface area contributed by atoms with Gasteiger partial charge in [-0.15, -0.1) is 0 Å². The predicted octanol–water partition coefficient (Wildman–Crippen LogP) is 2.37. The van der Waals surface area contributed by atoms with Gasteiger partial charge in [0.25, 0.3) is 0 Å². The minimum absolute atomic E-state index is 0.776. The van der Waals surface area contributed by atoms with Gasteiger partial charge in [-0.05, 0) is 19.1 Å². The van der Waals surface area contributed by atoms with Crippen LogP contribution in [0.25, 0.3) is 0 Å². The molecule has 84 valence electrons. The van der Waals surface area contributed by atoms with Crippen LogP contribution >= 0.6 is 7.26 Å². The highest BCUT2D eigenvalue weighted by Gasteiger charge is 2.24. The van der Waals surface area contributed by atoms with Crippen molar-refractivity contribution in [1.82, 2.24) is 0 Å². The zero-order valence-electron chi connectivity index (χ0n) is 9.21. The Bertz CT molecular complexity index is 297. The second kappa shape index (κ2) is 6.36. The average Bonchev–Trinajstić information content (AvgIpc) is 2.18. The quantitative estimate of drug-likeness (QED) is 0.444. The number of nitrogens with zero attached hydrogens (tertiary/aromatic N) is 1. The van der Waals surface area contributed by atoms with Crippen LogP contribution in [0.15, 0.2) is 30.3 Å². The zero-order valence-corrected chi connectivity index (χ0v) is 10.1. The van der Waals surface area contributed by atoms with Crippen molar-refractivity contribution in [3.05, 3.63) is 45.7 Å². The number of hydrogen-bond donors (Lipinski definition) is 0. The Balaban J connectivity index is 0.000000423. The fraction of sp³-hybridized carbons (Fsp3) is 0.400. The first kappa shape index (κ1) is 13.8. The van der Waals surface area contributed by atoms with Crippen molar-refractivity contribution < 1.29 is 5.09 Å². The molecule has 1 aromatic rings. The highest BCUT2D eigenvalue weighted by molar-refractivity contribution is 7.81. The van der Waals surface area contributed by atoms with Gasteiger partial charge in [-0.25, -0.2) is 0 Å². The molecule has 0 N–H and O–H groups in total. The van der Waals surface area contributed by atoms with Gasteiger partial charge in [0.1, 0.15) is 0 Å². The van der Waals surface area contributed by atoms with Crippen molar-refractivity contribution in [3.8, 4) is 0 Å². The first-order chi connectivity index (χ1) is 6.90. The van der Waals surface area contributed by atoms with Crippen LogP contribution in [0.1, 0.15) is 6.92 Å². The van der Waals surface area contributed by atoms with Crippen molar-refractivity contribution in [1.29, 1.82) is 0 Å². The highest BCUT2D eigenvalue weighted by Crippen LogP contribution is 2.48. The normalized spacial score (nSPS) is 10.1. The lowest BCUT2D eigenvalue weighted by molar-refractivity contribution is -0.402. The number of benzene rings is 1. The number of hydrogen-bond acceptors (Lipinski definition) is 3. The minimum atomic E-state index is -1.75. The van der Waals surface area contributed by atoms with E-state index in [9.17, 15) is 0 Å². The van der Waals surface area contributed by atoms with Crippen molar-refractivity contribution >= 4 is 12.6 Å². The Hall–Kier alpha value is -1.15. The molecule has 0 atom stereocenters. The second-order valence-corrected chi connectivity index (χ2v) is 8.08. The second-order valence-electron chi connectivity index (χ2n) is 3.56. The molecule has 0 bridgehead atoms. The van der Waals surface area contributed by atoms with Gasteiger partial charge < -0.3 is 15.3 Å². The summed E-state index contributed by atoms with van der Waals surface area (Å²) in [6.07, 6.45) is 1.30. The van der Waals surface area contributed by atoms with Crippen molar-refractivity contribution in [2.45, 2.75) is 6.92 Å². The summed E-state index contributed by atoms with van der Waals surface area (Å²) >= 11 is 0. The van der Waals surface area contributed by atoms with Crippen LogP contribution in [0.2, 0.25) is 0 Å². The van der Waals surface area contributed by atoms with E-state index in [0.717, 1.165) is 0 Å². The minimum Gasteiger partial charge on any atom is -0.356 e. The lowest BCUT2D eigenvalue weighted by Crippen LogP contribution is -2.09. The van der Waals surface area contributed by atoms with E-state index in [0.29, 0.717) is 0 Å². The summed E-state index contributed by atoms with van der Waals surface area (Å²) in [7, 11) is -0.776. The van der Waals surface area contributed by atoms with E-state index < -0.39 is 12.3 Å². The van der Waals surface area contributed by atoms with E-state index in [2.05, 4.69) is 50.6 Å². The van der Waals surface area contributed by atoms with Crippen LogP contribution in [0.4, 0.5) is 0 Å². The lowest BCUT2D eigenvalue weighted by Gasteiger charge is -2.14. The third-order valence-corrected chi connectivity index (χ3v) is 5.52. The molecule has 0 amide bonds. The maximum atomic E-state index is 8.25. The van der Waals surface area contributed by atoms with Gasteiger partial charge in [-0.2, -0.15) is 0 Å². The molecule has 15 heavy (non-hydrogen) atoms. The topological polar surface area (TPSA) is 66.2 Å². The van der Waals surface area contributed by atoms with Crippen molar-refractivity contribution in [2.24, 2.45) is 0 Å². The summed E-state index contributed by atoms with van der Waals surface area (Å²) in [6.45, 7) is 7.06. The Morgan fingerprint density at radius 3 is 1.93 bits per heavy atom. The van der Waals surface area contributed by atoms with Crippen LogP contribution < -0.4 is 5.30 Å². The van der Waals surface area contributed by atoms with E-state index in [-0.39, 0.29) is 0 Å². The maximum Gasteiger partial charge on any atom is 0.0933 e. The average molecular weight is 229 g/mol. The molecule has 0 saturated carbocycles. The van der Waals surface area contributed by atoms with Gasteiger partial charge in [0.2, 0.25) is 0 Å². The van der Waals surface area contributed by atoms with E-state index in [4.69, 9.17) is 15.3 Å². The summed E-state index contributed by atoms with van der Waals surface area (Å²) in [5.41, 5.74) is 0. The molecule has 0 aliphatic heterocycles. The molecule has 0 aromatic heterocycles. The summed E-state index contributed by atoms with van der Waals surface area (Å²) in [5, 5.41) is 16.3. The Labute approximate surface area is 90.4 Å². The molecule has 5 heteroatoms. The molecule has 0 saturated heterocycles.